The number of amides is 1. The van der Waals surface area contributed by atoms with E-state index in [1.54, 1.807) is 0 Å². The summed E-state index contributed by atoms with van der Waals surface area (Å²) in [5.41, 5.74) is 4.81. The topological polar surface area (TPSA) is 55.1 Å². The number of carbonyl (C=O) groups excluding carboxylic acids is 1. The number of hydrogen-bond donors (Lipinski definition) is 2. The second-order valence-electron chi connectivity index (χ2n) is 4.41. The van der Waals surface area contributed by atoms with Crippen molar-refractivity contribution in [2.45, 2.75) is 37.5 Å². The second kappa shape index (κ2) is 5.20. The highest BCUT2D eigenvalue weighted by Gasteiger charge is 2.38. The summed E-state index contributed by atoms with van der Waals surface area (Å²) in [6.45, 7) is -1.69. The molecule has 0 bridgehead atoms. The average Bonchev–Trinajstić information content (AvgIpc) is 2.26. The Morgan fingerprint density at radius 2 is 1.88 bits per heavy atom. The van der Waals surface area contributed by atoms with Crippen LogP contribution >= 0.6 is 0 Å². The SMILES string of the molecule is NCC(F)(F)CNC(=O)C1CCC(F)(F)CC1. The van der Waals surface area contributed by atoms with Gasteiger partial charge >= 0.3 is 0 Å². The number of nitrogens with one attached hydrogen (secondary N) is 1. The lowest BCUT2D eigenvalue weighted by atomic mass is 9.86. The first-order chi connectivity index (χ1) is 7.76. The number of halogens is 4. The van der Waals surface area contributed by atoms with Crippen LogP contribution in [0.2, 0.25) is 0 Å². The van der Waals surface area contributed by atoms with Crippen molar-refractivity contribution in [3.05, 3.63) is 0 Å². The van der Waals surface area contributed by atoms with Gasteiger partial charge in [0, 0.05) is 18.8 Å². The van der Waals surface area contributed by atoms with E-state index in [9.17, 15) is 22.4 Å². The van der Waals surface area contributed by atoms with Crippen LogP contribution in [0.4, 0.5) is 17.6 Å². The first-order valence-corrected chi connectivity index (χ1v) is 5.49. The summed E-state index contributed by atoms with van der Waals surface area (Å²) in [5, 5.41) is 2.06. The van der Waals surface area contributed by atoms with E-state index in [4.69, 9.17) is 5.73 Å². The first kappa shape index (κ1) is 14.2. The third-order valence-electron chi connectivity index (χ3n) is 2.91. The summed E-state index contributed by atoms with van der Waals surface area (Å²) in [6.07, 6.45) is -0.656. The van der Waals surface area contributed by atoms with Crippen molar-refractivity contribution in [2.24, 2.45) is 11.7 Å². The minimum atomic E-state index is -3.14. The summed E-state index contributed by atoms with van der Waals surface area (Å²) in [7, 11) is 0. The Labute approximate surface area is 96.7 Å². The number of carbonyl (C=O) groups is 1. The van der Waals surface area contributed by atoms with Crippen molar-refractivity contribution in [2.75, 3.05) is 13.1 Å². The van der Waals surface area contributed by atoms with Gasteiger partial charge in [-0.05, 0) is 12.8 Å². The van der Waals surface area contributed by atoms with Crippen LogP contribution < -0.4 is 11.1 Å². The normalized spacial score (nSPS) is 21.2. The van der Waals surface area contributed by atoms with Gasteiger partial charge in [-0.25, -0.2) is 17.6 Å². The Hall–Kier alpha value is -0.850. The van der Waals surface area contributed by atoms with Crippen LogP contribution in [-0.4, -0.2) is 30.8 Å². The van der Waals surface area contributed by atoms with Crippen LogP contribution in [0.5, 0.6) is 0 Å². The molecule has 1 fully saturated rings. The van der Waals surface area contributed by atoms with Gasteiger partial charge in [0.1, 0.15) is 0 Å². The fourth-order valence-electron chi connectivity index (χ4n) is 1.74. The Balaban J connectivity index is 2.35. The lowest BCUT2D eigenvalue weighted by Crippen LogP contribution is -2.44. The Morgan fingerprint density at radius 1 is 1.35 bits per heavy atom. The predicted molar refractivity (Wildman–Crippen MR) is 53.9 cm³/mol. The lowest BCUT2D eigenvalue weighted by Gasteiger charge is -2.27. The van der Waals surface area contributed by atoms with Gasteiger partial charge in [0.05, 0.1) is 13.1 Å². The average molecular weight is 256 g/mol. The highest BCUT2D eigenvalue weighted by Crippen LogP contribution is 2.36. The molecule has 3 N–H and O–H groups in total. The Morgan fingerprint density at radius 3 is 2.35 bits per heavy atom. The standard InChI is InChI=1S/C10H16F4N2O/c11-9(12)3-1-7(2-4-9)8(17)16-6-10(13,14)5-15/h7H,1-6,15H2,(H,16,17). The molecule has 0 aromatic carbocycles. The zero-order valence-corrected chi connectivity index (χ0v) is 9.32. The van der Waals surface area contributed by atoms with Gasteiger partial charge in [-0.15, -0.1) is 0 Å². The maximum Gasteiger partial charge on any atom is 0.277 e. The lowest BCUT2D eigenvalue weighted by molar-refractivity contribution is -0.130. The molecule has 1 saturated carbocycles. The van der Waals surface area contributed by atoms with Crippen LogP contribution in [0, 0.1) is 5.92 Å². The summed E-state index contributed by atoms with van der Waals surface area (Å²) < 4.78 is 51.1. The summed E-state index contributed by atoms with van der Waals surface area (Å²) in [4.78, 5) is 11.4. The van der Waals surface area contributed by atoms with Gasteiger partial charge in [0.2, 0.25) is 11.8 Å². The van der Waals surface area contributed by atoms with Crippen molar-refractivity contribution in [3.8, 4) is 0 Å². The third-order valence-corrected chi connectivity index (χ3v) is 2.91. The van der Waals surface area contributed by atoms with Gasteiger partial charge in [-0.2, -0.15) is 0 Å². The van der Waals surface area contributed by atoms with Gasteiger partial charge in [0.25, 0.3) is 5.92 Å². The predicted octanol–water partition coefficient (Wildman–Crippen LogP) is 1.52. The van der Waals surface area contributed by atoms with Crippen molar-refractivity contribution in [1.82, 2.24) is 5.32 Å². The monoisotopic (exact) mass is 256 g/mol. The fourth-order valence-corrected chi connectivity index (χ4v) is 1.74. The van der Waals surface area contributed by atoms with E-state index in [0.29, 0.717) is 0 Å². The van der Waals surface area contributed by atoms with Crippen molar-refractivity contribution >= 4 is 5.91 Å². The summed E-state index contributed by atoms with van der Waals surface area (Å²) in [6, 6.07) is 0. The molecular formula is C10H16F4N2O. The number of nitrogens with two attached hydrogens (primary N) is 1. The molecule has 0 heterocycles. The third kappa shape index (κ3) is 4.49. The van der Waals surface area contributed by atoms with Gasteiger partial charge < -0.3 is 11.1 Å². The molecule has 0 unspecified atom stereocenters. The van der Waals surface area contributed by atoms with E-state index < -0.39 is 36.8 Å². The molecule has 0 aliphatic heterocycles. The zero-order chi connectivity index (χ0) is 13.1. The molecule has 1 rings (SSSR count). The fraction of sp³-hybridized carbons (Fsp3) is 0.900. The van der Waals surface area contributed by atoms with Gasteiger partial charge in [0.15, 0.2) is 0 Å². The molecule has 0 radical (unpaired) electrons. The van der Waals surface area contributed by atoms with Crippen LogP contribution in [0.3, 0.4) is 0 Å². The molecule has 1 amide bonds. The van der Waals surface area contributed by atoms with E-state index >= 15 is 0 Å². The quantitative estimate of drug-likeness (QED) is 0.749. The molecular weight excluding hydrogens is 240 g/mol. The molecule has 7 heteroatoms. The van der Waals surface area contributed by atoms with Crippen molar-refractivity contribution in [1.29, 1.82) is 0 Å². The highest BCUT2D eigenvalue weighted by atomic mass is 19.3. The molecule has 0 aromatic heterocycles. The number of hydrogen-bond acceptors (Lipinski definition) is 2. The van der Waals surface area contributed by atoms with Crippen LogP contribution in [0.15, 0.2) is 0 Å². The van der Waals surface area contributed by atoms with E-state index in [0.717, 1.165) is 0 Å². The van der Waals surface area contributed by atoms with Crippen molar-refractivity contribution in [3.63, 3.8) is 0 Å². The largest absolute Gasteiger partial charge is 0.350 e. The van der Waals surface area contributed by atoms with E-state index in [1.807, 2.05) is 0 Å². The minimum Gasteiger partial charge on any atom is -0.350 e. The van der Waals surface area contributed by atoms with Crippen molar-refractivity contribution < 1.29 is 22.4 Å². The molecule has 3 nitrogen and oxygen atoms in total. The molecule has 0 aromatic rings. The molecule has 17 heavy (non-hydrogen) atoms. The minimum absolute atomic E-state index is 0.0348. The maximum atomic E-state index is 12.8. The molecule has 1 aliphatic carbocycles. The summed E-state index contributed by atoms with van der Waals surface area (Å²) in [5.74, 6) is -7.05. The first-order valence-electron chi connectivity index (χ1n) is 5.49. The van der Waals surface area contributed by atoms with E-state index in [2.05, 4.69) is 5.32 Å². The van der Waals surface area contributed by atoms with E-state index in [1.165, 1.54) is 0 Å². The van der Waals surface area contributed by atoms with Gasteiger partial charge in [-0.3, -0.25) is 4.79 Å². The number of rotatable bonds is 4. The van der Waals surface area contributed by atoms with Gasteiger partial charge in [-0.1, -0.05) is 0 Å². The number of alkyl halides is 4. The molecule has 0 saturated heterocycles. The summed E-state index contributed by atoms with van der Waals surface area (Å²) >= 11 is 0. The van der Waals surface area contributed by atoms with Crippen LogP contribution in [0.25, 0.3) is 0 Å². The Kier molecular flexibility index (Phi) is 4.35. The molecule has 0 atom stereocenters. The maximum absolute atomic E-state index is 12.8. The smallest absolute Gasteiger partial charge is 0.277 e. The van der Waals surface area contributed by atoms with Crippen LogP contribution in [0.1, 0.15) is 25.7 Å². The second-order valence-corrected chi connectivity index (χ2v) is 4.41. The Bertz CT molecular complexity index is 273. The highest BCUT2D eigenvalue weighted by molar-refractivity contribution is 5.78. The molecule has 1 aliphatic rings. The van der Waals surface area contributed by atoms with E-state index in [-0.39, 0.29) is 25.7 Å². The molecule has 100 valence electrons. The zero-order valence-electron chi connectivity index (χ0n) is 9.32. The molecule has 0 spiro atoms. The van der Waals surface area contributed by atoms with Crippen LogP contribution in [-0.2, 0) is 4.79 Å².